The van der Waals surface area contributed by atoms with Crippen LogP contribution in [0.2, 0.25) is 0 Å². The number of nitrogens with zero attached hydrogens (tertiary/aromatic N) is 2. The van der Waals surface area contributed by atoms with Crippen molar-refractivity contribution >= 4 is 54.7 Å². The number of Topliss-reactive ketones (excluding diaryl/α,β-unsaturated/α-hetero) is 1. The number of thiophene rings is 1. The number of halogens is 2. The van der Waals surface area contributed by atoms with Gasteiger partial charge in [-0.1, -0.05) is 0 Å². The fraction of sp³-hybridized carbons (Fsp3) is 0.0909. The minimum absolute atomic E-state index is 0.0480. The molecule has 0 aliphatic heterocycles. The lowest BCUT2D eigenvalue weighted by Gasteiger charge is -2.05. The summed E-state index contributed by atoms with van der Waals surface area (Å²) in [5, 5.41) is 10.8. The number of hydrogen-bond donors (Lipinski definition) is 0. The van der Waals surface area contributed by atoms with E-state index >= 15 is 0 Å². The average Bonchev–Trinajstić information content (AvgIpc) is 2.80. The largest absolute Gasteiger partial charge is 0.339 e. The topological polar surface area (TPSA) is 82.2 Å². The number of ketones is 1. The zero-order chi connectivity index (χ0) is 14.9. The van der Waals surface area contributed by atoms with Crippen LogP contribution in [0.5, 0.6) is 0 Å². The molecule has 0 spiro atoms. The highest BCUT2D eigenvalue weighted by Crippen LogP contribution is 2.23. The molecule has 0 radical (unpaired) electrons. The first kappa shape index (κ1) is 15.1. The quantitative estimate of drug-likeness (QED) is 0.431. The lowest BCUT2D eigenvalue weighted by molar-refractivity contribution is -0.386. The average molecular weight is 422 g/mol. The molecule has 0 saturated carbocycles. The Hall–Kier alpha value is -1.32. The number of rotatable bonds is 4. The molecule has 2 rings (SSSR count). The van der Waals surface area contributed by atoms with Crippen LogP contribution in [0.15, 0.2) is 37.6 Å². The summed E-state index contributed by atoms with van der Waals surface area (Å²) in [7, 11) is 0. The number of pyridine rings is 1. The van der Waals surface area contributed by atoms with E-state index in [1.807, 2.05) is 0 Å². The molecular formula is C11H6Br2N2O4S. The second-order valence-electron chi connectivity index (χ2n) is 3.78. The first-order valence-corrected chi connectivity index (χ1v) is 7.61. The van der Waals surface area contributed by atoms with Crippen LogP contribution in [-0.4, -0.2) is 15.3 Å². The van der Waals surface area contributed by atoms with Gasteiger partial charge in [0.05, 0.1) is 30.8 Å². The van der Waals surface area contributed by atoms with E-state index < -0.39 is 16.0 Å². The lowest BCUT2D eigenvalue weighted by atomic mass is 10.3. The zero-order valence-corrected chi connectivity index (χ0v) is 13.7. The molecule has 0 atom stereocenters. The Balaban J connectivity index is 2.32. The highest BCUT2D eigenvalue weighted by atomic mass is 79.9. The van der Waals surface area contributed by atoms with E-state index in [1.165, 1.54) is 22.1 Å². The molecule has 2 aromatic heterocycles. The van der Waals surface area contributed by atoms with Gasteiger partial charge in [0.2, 0.25) is 0 Å². The maximum atomic E-state index is 12.0. The van der Waals surface area contributed by atoms with Crippen molar-refractivity contribution in [3.8, 4) is 0 Å². The Kier molecular flexibility index (Phi) is 4.51. The molecule has 0 unspecified atom stereocenters. The Labute approximate surface area is 133 Å². The maximum Gasteiger partial charge on any atom is 0.333 e. The van der Waals surface area contributed by atoms with Crippen molar-refractivity contribution in [1.82, 2.24) is 4.57 Å². The van der Waals surface area contributed by atoms with Crippen molar-refractivity contribution in [2.24, 2.45) is 0 Å². The van der Waals surface area contributed by atoms with Gasteiger partial charge in [-0.2, -0.15) is 0 Å². The molecule has 104 valence electrons. The number of hydrogen-bond acceptors (Lipinski definition) is 5. The molecule has 0 amide bonds. The molecule has 0 bridgehead atoms. The van der Waals surface area contributed by atoms with Crippen LogP contribution in [0.1, 0.15) is 9.67 Å². The minimum atomic E-state index is -0.768. The van der Waals surface area contributed by atoms with Crippen LogP contribution in [0.25, 0.3) is 0 Å². The molecule has 0 N–H and O–H groups in total. The predicted octanol–water partition coefficient (Wildman–Crippen LogP) is 3.23. The normalized spacial score (nSPS) is 10.5. The Morgan fingerprint density at radius 1 is 1.35 bits per heavy atom. The van der Waals surface area contributed by atoms with Crippen molar-refractivity contribution in [2.45, 2.75) is 6.54 Å². The molecule has 0 fully saturated rings. The molecule has 0 aromatic carbocycles. The van der Waals surface area contributed by atoms with Gasteiger partial charge < -0.3 is 4.57 Å². The van der Waals surface area contributed by atoms with Crippen LogP contribution >= 0.6 is 43.2 Å². The van der Waals surface area contributed by atoms with E-state index in [4.69, 9.17) is 0 Å². The van der Waals surface area contributed by atoms with Gasteiger partial charge in [0.15, 0.2) is 5.78 Å². The monoisotopic (exact) mass is 420 g/mol. The van der Waals surface area contributed by atoms with Crippen LogP contribution < -0.4 is 5.43 Å². The summed E-state index contributed by atoms with van der Waals surface area (Å²) in [6.45, 7) is -0.0767. The van der Waals surface area contributed by atoms with E-state index in [0.29, 0.717) is 4.88 Å². The van der Waals surface area contributed by atoms with Gasteiger partial charge in [-0.15, -0.1) is 11.3 Å². The van der Waals surface area contributed by atoms with Crippen LogP contribution in [-0.2, 0) is 6.54 Å². The van der Waals surface area contributed by atoms with Crippen LogP contribution in [0, 0.1) is 10.1 Å². The van der Waals surface area contributed by atoms with Gasteiger partial charge >= 0.3 is 5.69 Å². The van der Waals surface area contributed by atoms with Crippen molar-refractivity contribution in [1.29, 1.82) is 0 Å². The minimum Gasteiger partial charge on any atom is -0.339 e. The van der Waals surface area contributed by atoms with Gasteiger partial charge in [0.1, 0.15) is 0 Å². The molecule has 9 heteroatoms. The zero-order valence-electron chi connectivity index (χ0n) is 9.71. The van der Waals surface area contributed by atoms with Crippen molar-refractivity contribution < 1.29 is 9.72 Å². The van der Waals surface area contributed by atoms with Gasteiger partial charge in [-0.25, -0.2) is 0 Å². The predicted molar refractivity (Wildman–Crippen MR) is 81.4 cm³/mol. The smallest absolute Gasteiger partial charge is 0.333 e. The summed E-state index contributed by atoms with van der Waals surface area (Å²) >= 11 is 7.50. The first-order chi connectivity index (χ1) is 9.38. The fourth-order valence-corrected chi connectivity index (χ4v) is 3.29. The van der Waals surface area contributed by atoms with E-state index in [9.17, 15) is 19.7 Å². The third-order valence-electron chi connectivity index (χ3n) is 2.39. The Bertz CT molecular complexity index is 753. The van der Waals surface area contributed by atoms with Crippen LogP contribution in [0.3, 0.4) is 0 Å². The Morgan fingerprint density at radius 2 is 2.05 bits per heavy atom. The van der Waals surface area contributed by atoms with E-state index in [2.05, 4.69) is 31.9 Å². The molecule has 2 heterocycles. The summed E-state index contributed by atoms with van der Waals surface area (Å²) in [4.78, 5) is 34.1. The second-order valence-corrected chi connectivity index (χ2v) is 7.09. The van der Waals surface area contributed by atoms with Gasteiger partial charge in [-0.3, -0.25) is 19.7 Å². The van der Waals surface area contributed by atoms with E-state index in [0.717, 1.165) is 9.98 Å². The summed E-state index contributed by atoms with van der Waals surface area (Å²) in [5.74, 6) is -0.189. The summed E-state index contributed by atoms with van der Waals surface area (Å²) < 4.78 is 2.19. The molecule has 2 aromatic rings. The van der Waals surface area contributed by atoms with Gasteiger partial charge in [0, 0.05) is 6.20 Å². The Morgan fingerprint density at radius 3 is 2.60 bits per heavy atom. The van der Waals surface area contributed by atoms with Crippen molar-refractivity contribution in [3.05, 3.63) is 58.0 Å². The molecule has 6 nitrogen and oxygen atoms in total. The third-order valence-corrected chi connectivity index (χ3v) is 4.62. The number of aromatic nitrogens is 1. The number of carbonyl (C=O) groups is 1. The molecule has 20 heavy (non-hydrogen) atoms. The van der Waals surface area contributed by atoms with Gasteiger partial charge in [-0.05, 0) is 44.0 Å². The first-order valence-electron chi connectivity index (χ1n) is 5.21. The molecule has 0 aliphatic carbocycles. The highest BCUT2D eigenvalue weighted by Gasteiger charge is 2.17. The molecular weight excluding hydrogens is 416 g/mol. The second kappa shape index (κ2) is 5.98. The molecule has 0 aliphatic rings. The standard InChI is InChI=1S/C11H6Br2N2O4S/c12-6-3-14(4-7(11(6)17)15(18)19)5-8(16)9-1-2-10(13)20-9/h1-4H,5H2. The van der Waals surface area contributed by atoms with Crippen molar-refractivity contribution in [2.75, 3.05) is 0 Å². The lowest BCUT2D eigenvalue weighted by Crippen LogP contribution is -2.16. The summed E-state index contributed by atoms with van der Waals surface area (Å²) in [6, 6.07) is 3.42. The highest BCUT2D eigenvalue weighted by molar-refractivity contribution is 9.11. The van der Waals surface area contributed by atoms with E-state index in [-0.39, 0.29) is 16.8 Å². The number of nitro groups is 1. The van der Waals surface area contributed by atoms with Gasteiger partial charge in [0.25, 0.3) is 5.43 Å². The van der Waals surface area contributed by atoms with E-state index in [1.54, 1.807) is 12.1 Å². The fourth-order valence-electron chi connectivity index (χ4n) is 1.51. The molecule has 0 saturated heterocycles. The SMILES string of the molecule is O=C(Cn1cc(Br)c(=O)c([N+](=O)[O-])c1)c1ccc(Br)s1. The summed E-state index contributed by atoms with van der Waals surface area (Å²) in [6.07, 6.45) is 2.42. The number of carbonyl (C=O) groups excluding carboxylic acids is 1. The van der Waals surface area contributed by atoms with Crippen LogP contribution in [0.4, 0.5) is 5.69 Å². The maximum absolute atomic E-state index is 12.0. The van der Waals surface area contributed by atoms with Crippen molar-refractivity contribution in [3.63, 3.8) is 0 Å². The summed E-state index contributed by atoms with van der Waals surface area (Å²) in [5.41, 5.74) is -1.28. The third kappa shape index (κ3) is 3.22.